The monoisotopic (exact) mass is 324 g/mol. The number of nitrogens with one attached hydrogen (secondary N) is 1. The lowest BCUT2D eigenvalue weighted by molar-refractivity contribution is -0.147. The van der Waals surface area contributed by atoms with E-state index < -0.39 is 12.0 Å². The van der Waals surface area contributed by atoms with Crippen LogP contribution in [-0.2, 0) is 22.8 Å². The van der Waals surface area contributed by atoms with E-state index in [9.17, 15) is 18.0 Å². The predicted octanol–water partition coefficient (Wildman–Crippen LogP) is 1.22. The Morgan fingerprint density at radius 1 is 1.52 bits per heavy atom. The molecule has 2 heterocycles. The van der Waals surface area contributed by atoms with Crippen LogP contribution in [0.3, 0.4) is 0 Å². The zero-order valence-corrected chi connectivity index (χ0v) is 12.1. The van der Waals surface area contributed by atoms with E-state index in [2.05, 4.69) is 15.5 Å². The fourth-order valence-corrected chi connectivity index (χ4v) is 2.64. The number of alkyl halides is 3. The Bertz CT molecular complexity index is 500. The van der Waals surface area contributed by atoms with Crippen LogP contribution in [0.1, 0.15) is 18.7 Å². The molecule has 21 heavy (non-hydrogen) atoms. The number of hydrogen-bond donors (Lipinski definition) is 1. The van der Waals surface area contributed by atoms with Crippen LogP contribution in [0, 0.1) is 0 Å². The van der Waals surface area contributed by atoms with Crippen LogP contribution < -0.4 is 5.32 Å². The molecule has 0 aliphatic carbocycles. The molecule has 0 aromatic carbocycles. The highest BCUT2D eigenvalue weighted by atomic mass is 32.2. The summed E-state index contributed by atoms with van der Waals surface area (Å²) in [5.74, 6) is -1.37. The number of amides is 1. The minimum atomic E-state index is -4.55. The summed E-state index contributed by atoms with van der Waals surface area (Å²) in [4.78, 5) is 11.6. The first-order valence-electron chi connectivity index (χ1n) is 6.35. The first-order chi connectivity index (χ1) is 9.88. The van der Waals surface area contributed by atoms with Gasteiger partial charge < -0.3 is 14.6 Å². The van der Waals surface area contributed by atoms with Crippen molar-refractivity contribution in [2.45, 2.75) is 30.3 Å². The molecule has 2 rings (SSSR count). The SMILES string of the molecule is Cn1c(SCC(=O)NC[C@@H]2CCCO2)nnc1C(F)(F)F. The lowest BCUT2D eigenvalue weighted by atomic mass is 10.2. The van der Waals surface area contributed by atoms with Crippen molar-refractivity contribution in [1.82, 2.24) is 20.1 Å². The van der Waals surface area contributed by atoms with Gasteiger partial charge in [0.1, 0.15) is 0 Å². The number of ether oxygens (including phenoxy) is 1. The van der Waals surface area contributed by atoms with Crippen LogP contribution in [0.2, 0.25) is 0 Å². The molecule has 1 aromatic rings. The van der Waals surface area contributed by atoms with Crippen molar-refractivity contribution >= 4 is 17.7 Å². The van der Waals surface area contributed by atoms with Gasteiger partial charge in [-0.25, -0.2) is 0 Å². The molecule has 118 valence electrons. The lowest BCUT2D eigenvalue weighted by Gasteiger charge is -2.10. The summed E-state index contributed by atoms with van der Waals surface area (Å²) in [5.41, 5.74) is 0. The Kier molecular flexibility index (Phi) is 5.09. The topological polar surface area (TPSA) is 69.0 Å². The number of halogens is 3. The normalized spacial score (nSPS) is 19.0. The number of carbonyl (C=O) groups excluding carboxylic acids is 1. The van der Waals surface area contributed by atoms with E-state index in [-0.39, 0.29) is 22.9 Å². The Morgan fingerprint density at radius 2 is 2.29 bits per heavy atom. The number of thioether (sulfide) groups is 1. The van der Waals surface area contributed by atoms with Crippen LogP contribution in [-0.4, -0.2) is 45.7 Å². The Balaban J connectivity index is 1.80. The Labute approximate surface area is 123 Å². The van der Waals surface area contributed by atoms with Gasteiger partial charge in [-0.3, -0.25) is 4.79 Å². The van der Waals surface area contributed by atoms with Gasteiger partial charge in [0.05, 0.1) is 11.9 Å². The van der Waals surface area contributed by atoms with Crippen molar-refractivity contribution < 1.29 is 22.7 Å². The van der Waals surface area contributed by atoms with Gasteiger partial charge in [-0.1, -0.05) is 11.8 Å². The molecule has 1 amide bonds. The van der Waals surface area contributed by atoms with E-state index in [4.69, 9.17) is 4.74 Å². The molecular formula is C11H15F3N4O2S. The molecule has 6 nitrogen and oxygen atoms in total. The van der Waals surface area contributed by atoms with Crippen LogP contribution in [0.15, 0.2) is 5.16 Å². The average Bonchev–Trinajstić information content (AvgIpc) is 3.02. The zero-order valence-electron chi connectivity index (χ0n) is 11.3. The van der Waals surface area contributed by atoms with Crippen LogP contribution in [0.25, 0.3) is 0 Å². The maximum absolute atomic E-state index is 12.5. The first-order valence-corrected chi connectivity index (χ1v) is 7.34. The third-order valence-corrected chi connectivity index (χ3v) is 3.99. The van der Waals surface area contributed by atoms with Crippen LogP contribution in [0.4, 0.5) is 13.2 Å². The molecule has 1 aromatic heterocycles. The fourth-order valence-electron chi connectivity index (χ4n) is 1.90. The van der Waals surface area contributed by atoms with Gasteiger partial charge in [-0.05, 0) is 12.8 Å². The van der Waals surface area contributed by atoms with Gasteiger partial charge in [-0.15, -0.1) is 10.2 Å². The number of rotatable bonds is 5. The maximum atomic E-state index is 12.5. The summed E-state index contributed by atoms with van der Waals surface area (Å²) in [6, 6.07) is 0. The predicted molar refractivity (Wildman–Crippen MR) is 68.7 cm³/mol. The van der Waals surface area contributed by atoms with Gasteiger partial charge in [0.25, 0.3) is 0 Å². The van der Waals surface area contributed by atoms with E-state index in [0.717, 1.165) is 29.2 Å². The van der Waals surface area contributed by atoms with Crippen LogP contribution >= 0.6 is 11.8 Å². The molecule has 1 fully saturated rings. The third kappa shape index (κ3) is 4.34. The molecular weight excluding hydrogens is 309 g/mol. The molecule has 10 heteroatoms. The molecule has 0 bridgehead atoms. The molecule has 1 aliphatic heterocycles. The summed E-state index contributed by atoms with van der Waals surface area (Å²) in [6.07, 6.45) is -2.63. The quantitative estimate of drug-likeness (QED) is 0.825. The van der Waals surface area contributed by atoms with E-state index in [0.29, 0.717) is 13.2 Å². The molecule has 0 saturated carbocycles. The standard InChI is InChI=1S/C11H15F3N4O2S/c1-18-9(11(12,13)14)16-17-10(18)21-6-8(19)15-5-7-3-2-4-20-7/h7H,2-6H2,1H3,(H,15,19)/t7-/m0/s1. The molecule has 1 atom stereocenters. The second-order valence-corrected chi connectivity index (χ2v) is 5.53. The minimum Gasteiger partial charge on any atom is -0.376 e. The average molecular weight is 324 g/mol. The Morgan fingerprint density at radius 3 is 2.86 bits per heavy atom. The number of carbonyl (C=O) groups is 1. The lowest BCUT2D eigenvalue weighted by Crippen LogP contribution is -2.32. The molecule has 1 N–H and O–H groups in total. The summed E-state index contributed by atoms with van der Waals surface area (Å²) in [7, 11) is 1.22. The van der Waals surface area contributed by atoms with Gasteiger partial charge in [0.15, 0.2) is 5.16 Å². The first kappa shape index (κ1) is 16.1. The van der Waals surface area contributed by atoms with Gasteiger partial charge in [0, 0.05) is 20.2 Å². The Hall–Kier alpha value is -1.29. The summed E-state index contributed by atoms with van der Waals surface area (Å²) >= 11 is 0.911. The highest BCUT2D eigenvalue weighted by molar-refractivity contribution is 7.99. The minimum absolute atomic E-state index is 0.0173. The number of nitrogens with zero attached hydrogens (tertiary/aromatic N) is 3. The van der Waals surface area contributed by atoms with Crippen molar-refractivity contribution in [2.24, 2.45) is 7.05 Å². The molecule has 0 unspecified atom stereocenters. The van der Waals surface area contributed by atoms with E-state index in [1.165, 1.54) is 7.05 Å². The molecule has 1 aliphatic rings. The van der Waals surface area contributed by atoms with Crippen molar-refractivity contribution in [2.75, 3.05) is 18.9 Å². The smallest absolute Gasteiger partial charge is 0.376 e. The largest absolute Gasteiger partial charge is 0.451 e. The second-order valence-electron chi connectivity index (χ2n) is 4.59. The van der Waals surface area contributed by atoms with Crippen molar-refractivity contribution in [3.63, 3.8) is 0 Å². The van der Waals surface area contributed by atoms with E-state index in [1.807, 2.05) is 0 Å². The van der Waals surface area contributed by atoms with Crippen molar-refractivity contribution in [3.8, 4) is 0 Å². The third-order valence-electron chi connectivity index (χ3n) is 2.97. The van der Waals surface area contributed by atoms with Crippen molar-refractivity contribution in [1.29, 1.82) is 0 Å². The number of aromatic nitrogens is 3. The maximum Gasteiger partial charge on any atom is 0.451 e. The summed E-state index contributed by atoms with van der Waals surface area (Å²) < 4.78 is 43.8. The van der Waals surface area contributed by atoms with Crippen molar-refractivity contribution in [3.05, 3.63) is 5.82 Å². The van der Waals surface area contributed by atoms with Gasteiger partial charge in [-0.2, -0.15) is 13.2 Å². The summed E-state index contributed by atoms with van der Waals surface area (Å²) in [5, 5.41) is 9.27. The van der Waals surface area contributed by atoms with E-state index >= 15 is 0 Å². The van der Waals surface area contributed by atoms with Crippen LogP contribution in [0.5, 0.6) is 0 Å². The highest BCUT2D eigenvalue weighted by Crippen LogP contribution is 2.29. The second kappa shape index (κ2) is 6.65. The molecule has 0 spiro atoms. The molecule has 0 radical (unpaired) electrons. The zero-order chi connectivity index (χ0) is 15.5. The highest BCUT2D eigenvalue weighted by Gasteiger charge is 2.37. The number of hydrogen-bond acceptors (Lipinski definition) is 5. The molecule has 1 saturated heterocycles. The van der Waals surface area contributed by atoms with Gasteiger partial charge >= 0.3 is 6.18 Å². The fraction of sp³-hybridized carbons (Fsp3) is 0.727. The summed E-state index contributed by atoms with van der Waals surface area (Å²) in [6.45, 7) is 1.13. The van der Waals surface area contributed by atoms with E-state index in [1.54, 1.807) is 0 Å². The van der Waals surface area contributed by atoms with Gasteiger partial charge in [0.2, 0.25) is 11.7 Å².